The fraction of sp³-hybridized carbons (Fsp3) is 0.636. The molecular weight excluding hydrogens is 520 g/mol. The Morgan fingerprint density at radius 2 is 1.62 bits per heavy atom. The van der Waals surface area contributed by atoms with Gasteiger partial charge in [-0.25, -0.2) is 4.79 Å². The van der Waals surface area contributed by atoms with Crippen molar-refractivity contribution in [3.8, 4) is 10.4 Å². The molecule has 3 fully saturated rings. The maximum Gasteiger partial charge on any atom is 0.352 e. The van der Waals surface area contributed by atoms with Crippen molar-refractivity contribution < 1.29 is 19.1 Å². The predicted octanol–water partition coefficient (Wildman–Crippen LogP) is 7.52. The molecule has 0 radical (unpaired) electrons. The highest BCUT2D eigenvalue weighted by atomic mass is 32.1. The maximum absolute atomic E-state index is 14.3. The summed E-state index contributed by atoms with van der Waals surface area (Å²) in [5.74, 6) is 0.462. The second kappa shape index (κ2) is 13.6. The second-order valence-electron chi connectivity index (χ2n) is 12.3. The second-order valence-corrected chi connectivity index (χ2v) is 13.3. The third-order valence-electron chi connectivity index (χ3n) is 9.08. The number of anilines is 1. The number of piperidine rings is 1. The molecule has 7 heteroatoms. The predicted molar refractivity (Wildman–Crippen MR) is 162 cm³/mol. The average molecular weight is 567 g/mol. The van der Waals surface area contributed by atoms with Gasteiger partial charge in [-0.2, -0.15) is 0 Å². The minimum absolute atomic E-state index is 0.00774. The number of thiophene rings is 1. The molecule has 5 rings (SSSR count). The largest absolute Gasteiger partial charge is 0.432 e. The van der Waals surface area contributed by atoms with Crippen molar-refractivity contribution >= 4 is 28.9 Å². The van der Waals surface area contributed by atoms with Gasteiger partial charge in [-0.3, -0.25) is 4.79 Å². The van der Waals surface area contributed by atoms with Crippen molar-refractivity contribution in [3.63, 3.8) is 0 Å². The van der Waals surface area contributed by atoms with Crippen LogP contribution >= 0.6 is 11.3 Å². The number of nitrogens with zero attached hydrogens (tertiary/aromatic N) is 2. The van der Waals surface area contributed by atoms with Gasteiger partial charge in [-0.1, -0.05) is 56.5 Å². The molecule has 6 nitrogen and oxygen atoms in total. The number of carbonyl (C=O) groups is 2. The van der Waals surface area contributed by atoms with Crippen LogP contribution in [0.4, 0.5) is 5.69 Å². The van der Waals surface area contributed by atoms with E-state index >= 15 is 0 Å². The number of amides is 1. The fourth-order valence-electron chi connectivity index (χ4n) is 6.61. The number of esters is 1. The summed E-state index contributed by atoms with van der Waals surface area (Å²) in [6, 6.07) is 12.3. The van der Waals surface area contributed by atoms with Crippen molar-refractivity contribution in [2.45, 2.75) is 103 Å². The van der Waals surface area contributed by atoms with Gasteiger partial charge in [0.05, 0.1) is 11.8 Å². The summed E-state index contributed by atoms with van der Waals surface area (Å²) < 4.78 is 12.1. The van der Waals surface area contributed by atoms with E-state index in [-0.39, 0.29) is 24.0 Å². The normalized spacial score (nSPS) is 24.0. The van der Waals surface area contributed by atoms with Crippen molar-refractivity contribution in [3.05, 3.63) is 41.3 Å². The third kappa shape index (κ3) is 7.15. The molecule has 2 heterocycles. The van der Waals surface area contributed by atoms with Gasteiger partial charge in [0.2, 0.25) is 12.2 Å². The third-order valence-corrected chi connectivity index (χ3v) is 10.2. The number of likely N-dealkylation sites (tertiary alicyclic amines) is 1. The molecule has 1 atom stereocenters. The number of hydrogen-bond acceptors (Lipinski definition) is 6. The SMILES string of the molecule is CC1CCC(C(=O)N(c2cc(-c3ccccc3)sc2C(=O)OC(C)OC2CCCCC2)C2CCN(C)CC2)CC1. The van der Waals surface area contributed by atoms with E-state index in [1.165, 1.54) is 17.8 Å². The zero-order valence-electron chi connectivity index (χ0n) is 24.5. The van der Waals surface area contributed by atoms with E-state index in [1.807, 2.05) is 30.0 Å². The lowest BCUT2D eigenvalue weighted by Gasteiger charge is -2.40. The van der Waals surface area contributed by atoms with Crippen LogP contribution in [-0.2, 0) is 14.3 Å². The Kier molecular flexibility index (Phi) is 9.98. The minimum Gasteiger partial charge on any atom is -0.432 e. The first-order valence-electron chi connectivity index (χ1n) is 15.5. The van der Waals surface area contributed by atoms with Crippen LogP contribution in [0.5, 0.6) is 0 Å². The molecule has 0 N–H and O–H groups in total. The van der Waals surface area contributed by atoms with E-state index < -0.39 is 12.3 Å². The molecule has 2 aliphatic carbocycles. The smallest absolute Gasteiger partial charge is 0.352 e. The van der Waals surface area contributed by atoms with Crippen molar-refractivity contribution in [2.24, 2.45) is 11.8 Å². The van der Waals surface area contributed by atoms with E-state index in [1.54, 1.807) is 0 Å². The number of hydrogen-bond donors (Lipinski definition) is 0. The monoisotopic (exact) mass is 566 g/mol. The molecule has 1 aliphatic heterocycles. The van der Waals surface area contributed by atoms with Gasteiger partial charge in [-0.05, 0) is 96.0 Å². The summed E-state index contributed by atoms with van der Waals surface area (Å²) in [5.41, 5.74) is 1.76. The summed E-state index contributed by atoms with van der Waals surface area (Å²) >= 11 is 1.43. The van der Waals surface area contributed by atoms with Crippen LogP contribution in [0, 0.1) is 11.8 Å². The minimum atomic E-state index is -0.627. The van der Waals surface area contributed by atoms with Crippen LogP contribution in [0.1, 0.15) is 94.1 Å². The molecule has 1 unspecified atom stereocenters. The average Bonchev–Trinajstić information content (AvgIpc) is 3.41. The topological polar surface area (TPSA) is 59.1 Å². The fourth-order valence-corrected chi connectivity index (χ4v) is 7.65. The lowest BCUT2D eigenvalue weighted by atomic mass is 9.82. The summed E-state index contributed by atoms with van der Waals surface area (Å²) in [7, 11) is 2.14. The first-order chi connectivity index (χ1) is 19.4. The lowest BCUT2D eigenvalue weighted by Crippen LogP contribution is -2.49. The molecule has 3 aliphatic rings. The molecular formula is C33H46N2O4S. The first kappa shape index (κ1) is 29.3. The van der Waals surface area contributed by atoms with Gasteiger partial charge in [0.1, 0.15) is 4.88 Å². The maximum atomic E-state index is 14.3. The van der Waals surface area contributed by atoms with Gasteiger partial charge in [-0.15, -0.1) is 11.3 Å². The van der Waals surface area contributed by atoms with Gasteiger partial charge < -0.3 is 19.3 Å². The highest BCUT2D eigenvalue weighted by molar-refractivity contribution is 7.18. The van der Waals surface area contributed by atoms with E-state index in [0.29, 0.717) is 10.8 Å². The molecule has 1 saturated heterocycles. The Labute approximate surface area is 244 Å². The van der Waals surface area contributed by atoms with Gasteiger partial charge >= 0.3 is 5.97 Å². The zero-order valence-corrected chi connectivity index (χ0v) is 25.3. The quantitative estimate of drug-likeness (QED) is 0.244. The standard InChI is InChI=1S/C33H46N2O4S/c1-23-14-16-26(17-15-23)32(36)35(27-18-20-34(3)21-19-27)29-22-30(25-10-6-4-7-11-25)40-31(29)33(37)39-24(2)38-28-12-8-5-9-13-28/h4,6-7,10-11,22-24,26-28H,5,8-9,12-21H2,1-3H3. The summed E-state index contributed by atoms with van der Waals surface area (Å²) in [5, 5.41) is 0. The van der Waals surface area contributed by atoms with Gasteiger partial charge in [0, 0.05) is 16.8 Å². The summed E-state index contributed by atoms with van der Waals surface area (Å²) in [4.78, 5) is 34.0. The van der Waals surface area contributed by atoms with Gasteiger partial charge in [0.25, 0.3) is 0 Å². The molecule has 40 heavy (non-hydrogen) atoms. The molecule has 1 amide bonds. The van der Waals surface area contributed by atoms with E-state index in [4.69, 9.17) is 9.47 Å². The Balaban J connectivity index is 1.46. The number of ether oxygens (including phenoxy) is 2. The molecule has 218 valence electrons. The van der Waals surface area contributed by atoms with Crippen LogP contribution in [0.15, 0.2) is 36.4 Å². The van der Waals surface area contributed by atoms with E-state index in [0.717, 1.165) is 93.4 Å². The van der Waals surface area contributed by atoms with Crippen LogP contribution in [-0.4, -0.2) is 55.3 Å². The number of benzene rings is 1. The highest BCUT2D eigenvalue weighted by Gasteiger charge is 2.37. The molecule has 0 spiro atoms. The molecule has 0 bridgehead atoms. The molecule has 1 aromatic heterocycles. The van der Waals surface area contributed by atoms with E-state index in [9.17, 15) is 9.59 Å². The Hall–Kier alpha value is -2.22. The highest BCUT2D eigenvalue weighted by Crippen LogP contribution is 2.41. The lowest BCUT2D eigenvalue weighted by molar-refractivity contribution is -0.137. The molecule has 2 saturated carbocycles. The molecule has 2 aromatic rings. The Morgan fingerprint density at radius 3 is 2.30 bits per heavy atom. The van der Waals surface area contributed by atoms with Crippen LogP contribution in [0.2, 0.25) is 0 Å². The van der Waals surface area contributed by atoms with Gasteiger partial charge in [0.15, 0.2) is 0 Å². The number of rotatable bonds is 8. The first-order valence-corrected chi connectivity index (χ1v) is 16.3. The summed E-state index contributed by atoms with van der Waals surface area (Å²) in [6.45, 7) is 5.99. The Morgan fingerprint density at radius 1 is 0.950 bits per heavy atom. The Bertz CT molecular complexity index is 1110. The van der Waals surface area contributed by atoms with Crippen LogP contribution in [0.25, 0.3) is 10.4 Å². The zero-order chi connectivity index (χ0) is 28.1. The van der Waals surface area contributed by atoms with Crippen LogP contribution in [0.3, 0.4) is 0 Å². The van der Waals surface area contributed by atoms with Crippen molar-refractivity contribution in [1.29, 1.82) is 0 Å². The molecule has 1 aromatic carbocycles. The summed E-state index contributed by atoms with van der Waals surface area (Å²) in [6.07, 6.45) is 10.9. The van der Waals surface area contributed by atoms with E-state index in [2.05, 4.69) is 37.1 Å². The van der Waals surface area contributed by atoms with Crippen LogP contribution < -0.4 is 4.90 Å². The number of carbonyl (C=O) groups excluding carboxylic acids is 2. The van der Waals surface area contributed by atoms with Crippen molar-refractivity contribution in [2.75, 3.05) is 25.0 Å². The van der Waals surface area contributed by atoms with Crippen molar-refractivity contribution in [1.82, 2.24) is 4.90 Å².